The summed E-state index contributed by atoms with van der Waals surface area (Å²) >= 11 is 0. The van der Waals surface area contributed by atoms with Gasteiger partial charge in [-0.25, -0.2) is 4.79 Å². The number of allylic oxidation sites excluding steroid dienone is 1. The molecule has 3 nitrogen and oxygen atoms in total. The summed E-state index contributed by atoms with van der Waals surface area (Å²) in [7, 11) is 0. The number of hydrogen-bond donors (Lipinski definition) is 0. The number of benzene rings is 1. The summed E-state index contributed by atoms with van der Waals surface area (Å²) in [5, 5.41) is 0. The molecule has 29 heavy (non-hydrogen) atoms. The molecule has 0 spiro atoms. The van der Waals surface area contributed by atoms with Crippen molar-refractivity contribution in [1.82, 2.24) is 0 Å². The SMILES string of the molecule is C[C@]12CC[C@@H]3[C@@H](CCC4=CC(=O)CC[C@@]43C)[C@@H]1CC[C@@H]2OC(=O)c1ccccc1. The van der Waals surface area contributed by atoms with Crippen molar-refractivity contribution in [2.24, 2.45) is 28.6 Å². The van der Waals surface area contributed by atoms with Gasteiger partial charge in [0.2, 0.25) is 0 Å². The summed E-state index contributed by atoms with van der Waals surface area (Å²) in [6.45, 7) is 4.80. The number of carbonyl (C=O) groups excluding carboxylic acids is 2. The quantitative estimate of drug-likeness (QED) is 0.603. The molecule has 0 radical (unpaired) electrons. The van der Waals surface area contributed by atoms with Crippen LogP contribution in [0.25, 0.3) is 0 Å². The monoisotopic (exact) mass is 392 g/mol. The molecule has 154 valence electrons. The third-order valence-electron chi connectivity index (χ3n) is 9.13. The highest BCUT2D eigenvalue weighted by Crippen LogP contribution is 2.65. The Hall–Kier alpha value is -1.90. The second-order valence-electron chi connectivity index (χ2n) is 10.4. The Bertz CT molecular complexity index is 856. The Morgan fingerprint density at radius 1 is 0.966 bits per heavy atom. The van der Waals surface area contributed by atoms with E-state index in [4.69, 9.17) is 4.74 Å². The highest BCUT2D eigenvalue weighted by Gasteiger charge is 2.59. The van der Waals surface area contributed by atoms with Gasteiger partial charge in [-0.1, -0.05) is 37.6 Å². The van der Waals surface area contributed by atoms with Crippen molar-refractivity contribution < 1.29 is 14.3 Å². The van der Waals surface area contributed by atoms with Crippen molar-refractivity contribution >= 4 is 11.8 Å². The average molecular weight is 393 g/mol. The number of carbonyl (C=O) groups is 2. The van der Waals surface area contributed by atoms with E-state index in [1.807, 2.05) is 36.4 Å². The lowest BCUT2D eigenvalue weighted by atomic mass is 9.47. The second-order valence-corrected chi connectivity index (χ2v) is 10.4. The summed E-state index contributed by atoms with van der Waals surface area (Å²) in [6, 6.07) is 9.39. The van der Waals surface area contributed by atoms with Crippen LogP contribution in [0, 0.1) is 28.6 Å². The topological polar surface area (TPSA) is 43.4 Å². The Kier molecular flexibility index (Phi) is 4.49. The molecule has 0 N–H and O–H groups in total. The van der Waals surface area contributed by atoms with Crippen LogP contribution in [0.4, 0.5) is 0 Å². The first kappa shape index (κ1) is 19.1. The van der Waals surface area contributed by atoms with Crippen molar-refractivity contribution in [1.29, 1.82) is 0 Å². The first-order valence-corrected chi connectivity index (χ1v) is 11.4. The van der Waals surface area contributed by atoms with Gasteiger partial charge in [0.05, 0.1) is 5.56 Å². The molecule has 0 amide bonds. The van der Waals surface area contributed by atoms with Crippen molar-refractivity contribution in [3.05, 3.63) is 47.5 Å². The van der Waals surface area contributed by atoms with Gasteiger partial charge in [-0.15, -0.1) is 0 Å². The van der Waals surface area contributed by atoms with Gasteiger partial charge in [0.25, 0.3) is 0 Å². The van der Waals surface area contributed by atoms with E-state index >= 15 is 0 Å². The molecule has 3 heteroatoms. The lowest BCUT2D eigenvalue weighted by molar-refractivity contribution is -0.118. The minimum Gasteiger partial charge on any atom is -0.458 e. The number of ether oxygens (including phenoxy) is 1. The molecule has 5 rings (SSSR count). The summed E-state index contributed by atoms with van der Waals surface area (Å²) in [5.74, 6) is 2.16. The zero-order chi connectivity index (χ0) is 20.2. The zero-order valence-corrected chi connectivity index (χ0v) is 17.7. The lowest BCUT2D eigenvalue weighted by Gasteiger charge is -2.57. The predicted octanol–water partition coefficient (Wildman–Crippen LogP) is 5.74. The standard InChI is InChI=1S/C26H32O3/c1-25-14-12-19(27)16-18(25)8-9-20-21-10-11-23(26(21,2)15-13-22(20)25)29-24(28)17-6-4-3-5-7-17/h3-7,16,20-23H,8-15H2,1-2H3/t20-,21-,22+,23-,25-,26-/m0/s1. The highest BCUT2D eigenvalue weighted by atomic mass is 16.5. The maximum Gasteiger partial charge on any atom is 0.338 e. The fourth-order valence-electron chi connectivity index (χ4n) is 7.48. The normalized spacial score (nSPS) is 41.0. The third kappa shape index (κ3) is 2.92. The summed E-state index contributed by atoms with van der Waals surface area (Å²) < 4.78 is 6.10. The van der Waals surface area contributed by atoms with Crippen LogP contribution >= 0.6 is 0 Å². The van der Waals surface area contributed by atoms with Crippen molar-refractivity contribution in [2.75, 3.05) is 0 Å². The lowest BCUT2D eigenvalue weighted by Crippen LogP contribution is -2.51. The van der Waals surface area contributed by atoms with E-state index < -0.39 is 0 Å². The van der Waals surface area contributed by atoms with Gasteiger partial charge in [-0.05, 0) is 86.3 Å². The third-order valence-corrected chi connectivity index (χ3v) is 9.13. The number of rotatable bonds is 2. The molecule has 3 fully saturated rings. The average Bonchev–Trinajstić information content (AvgIpc) is 3.05. The van der Waals surface area contributed by atoms with Gasteiger partial charge in [0.1, 0.15) is 6.10 Å². The van der Waals surface area contributed by atoms with Crippen LogP contribution in [0.2, 0.25) is 0 Å². The van der Waals surface area contributed by atoms with Crippen LogP contribution in [-0.4, -0.2) is 17.9 Å². The molecule has 0 aliphatic heterocycles. The number of ketones is 1. The molecular formula is C26H32O3. The first-order valence-electron chi connectivity index (χ1n) is 11.4. The van der Waals surface area contributed by atoms with Crippen molar-refractivity contribution in [2.45, 2.75) is 71.3 Å². The molecule has 0 unspecified atom stereocenters. The van der Waals surface area contributed by atoms with Crippen LogP contribution < -0.4 is 0 Å². The fraction of sp³-hybridized carbons (Fsp3) is 0.615. The molecule has 0 heterocycles. The Morgan fingerprint density at radius 3 is 2.55 bits per heavy atom. The minimum absolute atomic E-state index is 0.0267. The van der Waals surface area contributed by atoms with Gasteiger partial charge in [0, 0.05) is 11.8 Å². The van der Waals surface area contributed by atoms with Crippen LogP contribution in [0.3, 0.4) is 0 Å². The largest absolute Gasteiger partial charge is 0.458 e. The fourth-order valence-corrected chi connectivity index (χ4v) is 7.48. The number of fused-ring (bicyclic) bond motifs is 5. The molecular weight excluding hydrogens is 360 g/mol. The van der Waals surface area contributed by atoms with Crippen molar-refractivity contribution in [3.63, 3.8) is 0 Å². The molecule has 4 aliphatic carbocycles. The van der Waals surface area contributed by atoms with Gasteiger partial charge in [-0.2, -0.15) is 0 Å². The van der Waals surface area contributed by atoms with E-state index in [1.165, 1.54) is 24.8 Å². The maximum absolute atomic E-state index is 12.7. The molecule has 0 aromatic heterocycles. The Morgan fingerprint density at radius 2 is 1.76 bits per heavy atom. The summed E-state index contributed by atoms with van der Waals surface area (Å²) in [6.07, 6.45) is 10.5. The van der Waals surface area contributed by atoms with E-state index in [0.29, 0.717) is 35.5 Å². The van der Waals surface area contributed by atoms with Gasteiger partial charge < -0.3 is 4.74 Å². The highest BCUT2D eigenvalue weighted by molar-refractivity contribution is 5.91. The summed E-state index contributed by atoms with van der Waals surface area (Å²) in [4.78, 5) is 24.7. The Balaban J connectivity index is 1.37. The van der Waals surface area contributed by atoms with Crippen molar-refractivity contribution in [3.8, 4) is 0 Å². The second kappa shape index (κ2) is 6.82. The van der Waals surface area contributed by atoms with E-state index in [9.17, 15) is 9.59 Å². The predicted molar refractivity (Wildman–Crippen MR) is 112 cm³/mol. The maximum atomic E-state index is 12.7. The molecule has 0 saturated heterocycles. The molecule has 1 aromatic carbocycles. The van der Waals surface area contributed by atoms with Gasteiger partial charge in [-0.3, -0.25) is 4.79 Å². The number of hydrogen-bond acceptors (Lipinski definition) is 3. The van der Waals surface area contributed by atoms with Crippen LogP contribution in [0.1, 0.15) is 75.6 Å². The molecule has 0 bridgehead atoms. The molecule has 6 atom stereocenters. The first-order chi connectivity index (χ1) is 13.9. The van der Waals surface area contributed by atoms with E-state index in [2.05, 4.69) is 13.8 Å². The molecule has 3 saturated carbocycles. The van der Waals surface area contributed by atoms with E-state index in [0.717, 1.165) is 25.7 Å². The van der Waals surface area contributed by atoms with Crippen LogP contribution in [0.15, 0.2) is 42.0 Å². The molecule has 1 aromatic rings. The van der Waals surface area contributed by atoms with E-state index in [-0.39, 0.29) is 22.9 Å². The minimum atomic E-state index is -0.175. The Labute approximate surface area is 173 Å². The molecule has 4 aliphatic rings. The van der Waals surface area contributed by atoms with E-state index in [1.54, 1.807) is 0 Å². The van der Waals surface area contributed by atoms with Gasteiger partial charge in [0.15, 0.2) is 5.78 Å². The van der Waals surface area contributed by atoms with Crippen LogP contribution in [0.5, 0.6) is 0 Å². The van der Waals surface area contributed by atoms with Crippen LogP contribution in [-0.2, 0) is 9.53 Å². The zero-order valence-electron chi connectivity index (χ0n) is 17.7. The number of esters is 1. The smallest absolute Gasteiger partial charge is 0.338 e. The summed E-state index contributed by atoms with van der Waals surface area (Å²) in [5.41, 5.74) is 2.37. The van der Waals surface area contributed by atoms with Gasteiger partial charge >= 0.3 is 5.97 Å².